The van der Waals surface area contributed by atoms with Crippen molar-refractivity contribution in [3.63, 3.8) is 0 Å². The van der Waals surface area contributed by atoms with Gasteiger partial charge in [0.05, 0.1) is 28.9 Å². The van der Waals surface area contributed by atoms with E-state index in [4.69, 9.17) is 10.5 Å². The van der Waals surface area contributed by atoms with Crippen LogP contribution in [0.25, 0.3) is 16.6 Å². The third kappa shape index (κ3) is 2.98. The number of carbonyl (C=O) groups is 1. The molecule has 0 aliphatic rings. The number of hydrogen-bond acceptors (Lipinski definition) is 4. The van der Waals surface area contributed by atoms with E-state index in [-0.39, 0.29) is 28.8 Å². The van der Waals surface area contributed by atoms with Gasteiger partial charge in [-0.3, -0.25) is 4.79 Å². The fourth-order valence-electron chi connectivity index (χ4n) is 2.91. The number of ether oxygens (including phenoxy) is 1. The highest BCUT2D eigenvalue weighted by Gasteiger charge is 2.23. The minimum Gasteiger partial charge on any atom is -0.462 e. The number of pyridine rings is 1. The molecule has 0 unspecified atom stereocenters. The highest BCUT2D eigenvalue weighted by atomic mass is 19.2. The zero-order chi connectivity index (χ0) is 20.7. The van der Waals surface area contributed by atoms with Gasteiger partial charge in [0, 0.05) is 17.8 Å². The molecule has 2 N–H and O–H groups in total. The van der Waals surface area contributed by atoms with Gasteiger partial charge in [-0.1, -0.05) is 0 Å². The van der Waals surface area contributed by atoms with Gasteiger partial charge < -0.3 is 15.0 Å². The molecule has 0 bridgehead atoms. The van der Waals surface area contributed by atoms with Gasteiger partial charge in [0.2, 0.25) is 5.43 Å². The Morgan fingerprint density at radius 1 is 1.11 bits per heavy atom. The predicted molar refractivity (Wildman–Crippen MR) is 94.5 cm³/mol. The lowest BCUT2D eigenvalue weighted by Crippen LogP contribution is -2.22. The number of benzene rings is 2. The molecule has 3 aromatic rings. The van der Waals surface area contributed by atoms with E-state index in [0.29, 0.717) is 12.1 Å². The fraction of sp³-hybridized carbons (Fsp3) is 0.158. The smallest absolute Gasteiger partial charge is 0.343 e. The average molecular weight is 394 g/mol. The molecule has 1 heterocycles. The van der Waals surface area contributed by atoms with Gasteiger partial charge >= 0.3 is 5.97 Å². The van der Waals surface area contributed by atoms with Crippen molar-refractivity contribution in [3.8, 4) is 5.69 Å². The lowest BCUT2D eigenvalue weighted by atomic mass is 10.1. The van der Waals surface area contributed by atoms with Crippen molar-refractivity contribution >= 4 is 22.6 Å². The molecule has 28 heavy (non-hydrogen) atoms. The van der Waals surface area contributed by atoms with Crippen LogP contribution in [0.3, 0.4) is 0 Å². The molecule has 1 aromatic heterocycles. The van der Waals surface area contributed by atoms with Gasteiger partial charge in [-0.2, -0.15) is 0 Å². The maximum atomic E-state index is 14.5. The number of fused-ring (bicyclic) bond motifs is 1. The van der Waals surface area contributed by atoms with E-state index in [1.807, 2.05) is 0 Å². The zero-order valence-corrected chi connectivity index (χ0v) is 14.8. The quantitative estimate of drug-likeness (QED) is 0.418. The summed E-state index contributed by atoms with van der Waals surface area (Å²) >= 11 is 0. The molecular weight excluding hydrogens is 380 g/mol. The lowest BCUT2D eigenvalue weighted by molar-refractivity contribution is 0.0524. The standard InChI is InChI=1S/C19H14F4N2O3/c1-3-28-19(27)10-7-25(15-6-14(24)11(20)5-12(15)21)17-8(2)16(23)13(22)4-9(17)18(10)26/h4-7H,3,24H2,1-2H3. The summed E-state index contributed by atoms with van der Waals surface area (Å²) in [5, 5.41) is -0.371. The Bertz CT molecular complexity index is 1190. The van der Waals surface area contributed by atoms with E-state index >= 15 is 0 Å². The van der Waals surface area contributed by atoms with Crippen LogP contribution < -0.4 is 11.2 Å². The Labute approximate surface area is 155 Å². The van der Waals surface area contributed by atoms with Gasteiger partial charge in [-0.25, -0.2) is 22.4 Å². The summed E-state index contributed by atoms with van der Waals surface area (Å²) in [4.78, 5) is 24.8. The molecule has 0 aliphatic carbocycles. The number of nitrogens with two attached hydrogens (primary N) is 1. The van der Waals surface area contributed by atoms with Crippen LogP contribution in [0, 0.1) is 30.2 Å². The number of nitrogen functional groups attached to an aromatic ring is 1. The van der Waals surface area contributed by atoms with Crippen LogP contribution in [-0.4, -0.2) is 17.1 Å². The van der Waals surface area contributed by atoms with Crippen molar-refractivity contribution < 1.29 is 27.1 Å². The van der Waals surface area contributed by atoms with Crippen LogP contribution in [-0.2, 0) is 4.74 Å². The Kier molecular flexibility index (Phi) is 4.84. The number of carbonyl (C=O) groups excluding carboxylic acids is 1. The van der Waals surface area contributed by atoms with Crippen LogP contribution in [0.4, 0.5) is 23.2 Å². The molecule has 0 fully saturated rings. The summed E-state index contributed by atoms with van der Waals surface area (Å²) in [6.07, 6.45) is 0.933. The third-order valence-electron chi connectivity index (χ3n) is 4.23. The largest absolute Gasteiger partial charge is 0.462 e. The number of esters is 1. The zero-order valence-electron chi connectivity index (χ0n) is 14.8. The summed E-state index contributed by atoms with van der Waals surface area (Å²) in [5.74, 6) is -5.70. The lowest BCUT2D eigenvalue weighted by Gasteiger charge is -2.17. The first-order chi connectivity index (χ1) is 13.2. The van der Waals surface area contributed by atoms with E-state index in [2.05, 4.69) is 0 Å². The number of rotatable bonds is 3. The van der Waals surface area contributed by atoms with Gasteiger partial charge in [0.15, 0.2) is 11.6 Å². The molecular formula is C19H14F4N2O3. The Balaban J connectivity index is 2.52. The first-order valence-corrected chi connectivity index (χ1v) is 8.13. The topological polar surface area (TPSA) is 74.3 Å². The molecule has 3 rings (SSSR count). The van der Waals surface area contributed by atoms with E-state index < -0.39 is 45.9 Å². The van der Waals surface area contributed by atoms with Gasteiger partial charge in [0.1, 0.15) is 17.2 Å². The second kappa shape index (κ2) is 6.99. The highest BCUT2D eigenvalue weighted by Crippen LogP contribution is 2.28. The summed E-state index contributed by atoms with van der Waals surface area (Å²) in [5.41, 5.74) is 2.79. The molecule has 0 saturated heterocycles. The SMILES string of the molecule is CCOC(=O)c1cn(-c2cc(N)c(F)cc2F)c2c(C)c(F)c(F)cc2c1=O. The number of aromatic nitrogens is 1. The normalized spacial score (nSPS) is 11.1. The van der Waals surface area contributed by atoms with Gasteiger partial charge in [0.25, 0.3) is 0 Å². The Morgan fingerprint density at radius 2 is 1.79 bits per heavy atom. The number of nitrogens with zero attached hydrogens (tertiary/aromatic N) is 1. The highest BCUT2D eigenvalue weighted by molar-refractivity contribution is 5.95. The Morgan fingerprint density at radius 3 is 2.43 bits per heavy atom. The number of anilines is 1. The second-order valence-electron chi connectivity index (χ2n) is 5.98. The second-order valence-corrected chi connectivity index (χ2v) is 5.98. The molecule has 2 aromatic carbocycles. The molecule has 0 radical (unpaired) electrons. The predicted octanol–water partition coefficient (Wildman–Crippen LogP) is 3.61. The Hall–Kier alpha value is -3.36. The van der Waals surface area contributed by atoms with Crippen molar-refractivity contribution in [2.24, 2.45) is 0 Å². The van der Waals surface area contributed by atoms with Crippen LogP contribution in [0.15, 0.2) is 29.2 Å². The average Bonchev–Trinajstić information content (AvgIpc) is 2.64. The van der Waals surface area contributed by atoms with Crippen LogP contribution >= 0.6 is 0 Å². The van der Waals surface area contributed by atoms with Crippen molar-refractivity contribution in [3.05, 3.63) is 69.0 Å². The molecule has 0 amide bonds. The first kappa shape index (κ1) is 19.4. The fourth-order valence-corrected chi connectivity index (χ4v) is 2.91. The summed E-state index contributed by atoms with van der Waals surface area (Å²) in [6.45, 7) is 2.65. The molecule has 9 heteroatoms. The minimum atomic E-state index is -1.31. The van der Waals surface area contributed by atoms with Crippen molar-refractivity contribution in [1.82, 2.24) is 4.57 Å². The van der Waals surface area contributed by atoms with E-state index in [1.54, 1.807) is 0 Å². The molecule has 0 spiro atoms. The van der Waals surface area contributed by atoms with E-state index in [9.17, 15) is 27.2 Å². The van der Waals surface area contributed by atoms with Crippen LogP contribution in [0.2, 0.25) is 0 Å². The maximum Gasteiger partial charge on any atom is 0.343 e. The van der Waals surface area contributed by atoms with Crippen LogP contribution in [0.1, 0.15) is 22.8 Å². The summed E-state index contributed by atoms with van der Waals surface area (Å²) < 4.78 is 61.8. The number of aryl methyl sites for hydroxylation is 1. The monoisotopic (exact) mass is 394 g/mol. The van der Waals surface area contributed by atoms with E-state index in [0.717, 1.165) is 16.8 Å². The molecule has 0 aliphatic heterocycles. The molecule has 146 valence electrons. The van der Waals surface area contributed by atoms with Crippen molar-refractivity contribution in [2.45, 2.75) is 13.8 Å². The van der Waals surface area contributed by atoms with Crippen LogP contribution in [0.5, 0.6) is 0 Å². The number of hydrogen-bond donors (Lipinski definition) is 1. The molecule has 0 saturated carbocycles. The number of halogens is 4. The van der Waals surface area contributed by atoms with Crippen molar-refractivity contribution in [2.75, 3.05) is 12.3 Å². The summed E-state index contributed by atoms with van der Waals surface area (Å²) in [6, 6.07) is 2.04. The maximum absolute atomic E-state index is 14.5. The van der Waals surface area contributed by atoms with Gasteiger partial charge in [-0.15, -0.1) is 0 Å². The van der Waals surface area contributed by atoms with E-state index in [1.165, 1.54) is 13.8 Å². The van der Waals surface area contributed by atoms with Crippen molar-refractivity contribution in [1.29, 1.82) is 0 Å². The molecule has 0 atom stereocenters. The minimum absolute atomic E-state index is 0.0506. The summed E-state index contributed by atoms with van der Waals surface area (Å²) in [7, 11) is 0. The molecule has 5 nitrogen and oxygen atoms in total. The first-order valence-electron chi connectivity index (χ1n) is 8.13. The third-order valence-corrected chi connectivity index (χ3v) is 4.23. The van der Waals surface area contributed by atoms with Gasteiger partial charge in [-0.05, 0) is 26.0 Å².